The Labute approximate surface area is 339 Å². The van der Waals surface area contributed by atoms with Gasteiger partial charge in [-0.25, -0.2) is 0 Å². The van der Waals surface area contributed by atoms with Crippen LogP contribution < -0.4 is 35.2 Å². The standard InChI is InChI=1S/C21H25Si.C20H23Si.C4H10Si.2ClH.Zr/c1-6-16-13-20-15(2)7-12-19(21(20)14-16)17-8-10-18(11-9-17)22(3,4)5;1-14-12-19-15(2)6-11-18(20(19)13-14)16-7-9-17(10-8-16)21(3,4)5;1-3-5-4-2;;;/h7-14H,6H2,1-5H3;6-13H,1-5H3;3-4H2,1-2H3;2*1H;/q2*-1;;;;+2/p-2. The van der Waals surface area contributed by atoms with E-state index < -0.39 is 16.1 Å². The molecule has 0 unspecified atom stereocenters. The molecule has 0 spiro atoms. The second-order valence-corrected chi connectivity index (χ2v) is 33.7. The Morgan fingerprint density at radius 3 is 1.29 bits per heavy atom. The largest absolute Gasteiger partial charge is 1.00 e. The van der Waals surface area contributed by atoms with E-state index in [-0.39, 0.29) is 30.2 Å². The molecule has 0 aliphatic heterocycles. The Hall–Kier alpha value is -1.79. The number of fused-ring (bicyclic) bond motifs is 2. The molecule has 0 saturated carbocycles. The van der Waals surface area contributed by atoms with Crippen molar-refractivity contribution in [2.75, 3.05) is 0 Å². The van der Waals surface area contributed by atoms with E-state index in [0.29, 0.717) is 0 Å². The molecular formula is C45H58Cl2Si3Zr-2. The van der Waals surface area contributed by atoms with Gasteiger partial charge < -0.3 is 24.8 Å². The predicted octanol–water partition coefficient (Wildman–Crippen LogP) is 6.60. The molecule has 0 heterocycles. The van der Waals surface area contributed by atoms with Crippen molar-refractivity contribution >= 4 is 53.5 Å². The molecule has 0 aromatic heterocycles. The molecule has 0 atom stereocenters. The Morgan fingerprint density at radius 2 is 0.941 bits per heavy atom. The maximum absolute atomic E-state index is 2.40. The Kier molecular flexibility index (Phi) is 17.4. The van der Waals surface area contributed by atoms with Gasteiger partial charge in [0.1, 0.15) is 0 Å². The van der Waals surface area contributed by atoms with Crippen LogP contribution >= 0.6 is 0 Å². The van der Waals surface area contributed by atoms with E-state index in [1.807, 2.05) is 0 Å². The van der Waals surface area contributed by atoms with E-state index in [2.05, 4.69) is 178 Å². The van der Waals surface area contributed by atoms with E-state index in [1.165, 1.54) is 88.5 Å². The molecule has 6 rings (SSSR count). The molecule has 0 bridgehead atoms. The van der Waals surface area contributed by atoms with Gasteiger partial charge in [-0.15, -0.1) is 68.1 Å². The van der Waals surface area contributed by atoms with Crippen LogP contribution in [0.5, 0.6) is 0 Å². The summed E-state index contributed by atoms with van der Waals surface area (Å²) >= 11 is 1.80. The first-order chi connectivity index (χ1) is 23.1. The van der Waals surface area contributed by atoms with E-state index in [1.54, 1.807) is 23.3 Å². The quantitative estimate of drug-likeness (QED) is 0.126. The van der Waals surface area contributed by atoms with Gasteiger partial charge in [0.15, 0.2) is 0 Å². The Balaban J connectivity index is 0.000000296. The van der Waals surface area contributed by atoms with Crippen molar-refractivity contribution in [1.29, 1.82) is 0 Å². The first-order valence-corrected chi connectivity index (χ1v) is 30.8. The molecule has 0 aliphatic rings. The van der Waals surface area contributed by atoms with Crippen LogP contribution in [0, 0.1) is 20.8 Å². The molecule has 6 aromatic rings. The molecule has 0 fully saturated rings. The van der Waals surface area contributed by atoms with Crippen LogP contribution in [-0.2, 0) is 29.8 Å². The molecular weight excluding hydrogens is 787 g/mol. The summed E-state index contributed by atoms with van der Waals surface area (Å²) in [6, 6.07) is 39.8. The summed E-state index contributed by atoms with van der Waals surface area (Å²) in [7, 11) is -2.44. The fourth-order valence-electron chi connectivity index (χ4n) is 6.35. The number of hydrogen-bond donors (Lipinski definition) is 0. The molecule has 270 valence electrons. The third-order valence-corrected chi connectivity index (χ3v) is 20.9. The van der Waals surface area contributed by atoms with Crippen molar-refractivity contribution in [3.05, 3.63) is 119 Å². The van der Waals surface area contributed by atoms with Crippen LogP contribution in [0.3, 0.4) is 0 Å². The van der Waals surface area contributed by atoms with E-state index >= 15 is 0 Å². The van der Waals surface area contributed by atoms with Crippen LogP contribution in [0.25, 0.3) is 43.8 Å². The van der Waals surface area contributed by atoms with Crippen LogP contribution in [0.15, 0.2) is 97.1 Å². The van der Waals surface area contributed by atoms with Crippen molar-refractivity contribution in [3.8, 4) is 22.3 Å². The fraction of sp³-hybridized carbons (Fsp3) is 0.333. The molecule has 6 heteroatoms. The smallest absolute Gasteiger partial charge is 0.0775 e. The number of benzene rings is 4. The Morgan fingerprint density at radius 1 is 0.549 bits per heavy atom. The molecule has 51 heavy (non-hydrogen) atoms. The minimum absolute atomic E-state index is 0. The van der Waals surface area contributed by atoms with Gasteiger partial charge in [0.25, 0.3) is 0 Å². The third kappa shape index (κ3) is 11.6. The van der Waals surface area contributed by atoms with Crippen molar-refractivity contribution in [2.24, 2.45) is 0 Å². The van der Waals surface area contributed by atoms with E-state index in [9.17, 15) is 0 Å². The van der Waals surface area contributed by atoms with Crippen molar-refractivity contribution in [3.63, 3.8) is 0 Å². The number of halogens is 2. The maximum atomic E-state index is 2.40. The topological polar surface area (TPSA) is 0 Å². The minimum Gasteiger partial charge on any atom is -1.00 e. The van der Waals surface area contributed by atoms with Gasteiger partial charge in [0.2, 0.25) is 0 Å². The summed E-state index contributed by atoms with van der Waals surface area (Å²) < 4.78 is 0. The zero-order chi connectivity index (χ0) is 36.1. The van der Waals surface area contributed by atoms with Gasteiger partial charge in [0, 0.05) is 0 Å². The average Bonchev–Trinajstić information content (AvgIpc) is 3.70. The van der Waals surface area contributed by atoms with E-state index in [0.717, 1.165) is 6.42 Å². The van der Waals surface area contributed by atoms with Gasteiger partial charge in [-0.1, -0.05) is 149 Å². The molecule has 6 aromatic carbocycles. The molecule has 0 N–H and O–H groups in total. The normalized spacial score (nSPS) is 11.2. The first kappa shape index (κ1) is 45.4. The van der Waals surface area contributed by atoms with Crippen LogP contribution in [-0.4, -0.2) is 21.6 Å². The second-order valence-electron chi connectivity index (χ2n) is 15.7. The zero-order valence-electron chi connectivity index (χ0n) is 33.1. The summed E-state index contributed by atoms with van der Waals surface area (Å²) in [5.41, 5.74) is 11.1. The molecule has 0 radical (unpaired) electrons. The SMILES string of the molecule is CC[Si](=[Zr+2])CC.CCc1cc2c(-c3ccc([Si](C)(C)C)cc3)ccc(C)c2[cH-]1.Cc1cc2c(-c3ccc([Si](C)(C)C)cc3)ccc(C)c2[cH-]1.[Cl-].[Cl-]. The van der Waals surface area contributed by atoms with E-state index in [4.69, 9.17) is 0 Å². The van der Waals surface area contributed by atoms with Crippen LogP contribution in [0.4, 0.5) is 0 Å². The predicted molar refractivity (Wildman–Crippen MR) is 226 cm³/mol. The van der Waals surface area contributed by atoms with Crippen molar-refractivity contribution in [2.45, 2.75) is 99.3 Å². The first-order valence-electron chi connectivity index (χ1n) is 18.2. The van der Waals surface area contributed by atoms with Gasteiger partial charge >= 0.3 is 54.7 Å². The van der Waals surface area contributed by atoms with Crippen LogP contribution in [0.1, 0.15) is 43.0 Å². The maximum Gasteiger partial charge on any atom is 0.0775 e. The number of aryl methyl sites for hydroxylation is 4. The average molecular weight is 845 g/mol. The summed E-state index contributed by atoms with van der Waals surface area (Å²) in [6.45, 7) is 27.8. The number of hydrogen-bond acceptors (Lipinski definition) is 0. The van der Waals surface area contributed by atoms with Gasteiger partial charge in [0.05, 0.1) is 16.1 Å². The molecule has 0 aliphatic carbocycles. The zero-order valence-corrected chi connectivity index (χ0v) is 40.1. The van der Waals surface area contributed by atoms with Gasteiger partial charge in [-0.05, 0) is 17.5 Å². The summed E-state index contributed by atoms with van der Waals surface area (Å²) in [4.78, 5) is 0. The minimum atomic E-state index is -1.22. The molecule has 0 nitrogen and oxygen atoms in total. The fourth-order valence-corrected chi connectivity index (χ4v) is 9.18. The van der Waals surface area contributed by atoms with Gasteiger partial charge in [-0.3, -0.25) is 0 Å². The Bertz CT molecular complexity index is 2010. The summed E-state index contributed by atoms with van der Waals surface area (Å²) in [5, 5.41) is 8.62. The monoisotopic (exact) mass is 842 g/mol. The molecule has 0 amide bonds. The summed E-state index contributed by atoms with van der Waals surface area (Å²) in [5.74, 6) is 0. The molecule has 0 saturated heterocycles. The van der Waals surface area contributed by atoms with Crippen molar-refractivity contribution in [1.82, 2.24) is 0 Å². The second kappa shape index (κ2) is 19.5. The van der Waals surface area contributed by atoms with Crippen LogP contribution in [0.2, 0.25) is 51.4 Å². The van der Waals surface area contributed by atoms with Gasteiger partial charge in [-0.2, -0.15) is 12.1 Å². The van der Waals surface area contributed by atoms with Crippen molar-refractivity contribution < 1.29 is 48.1 Å². The third-order valence-electron chi connectivity index (χ3n) is 9.80. The number of rotatable bonds is 7. The summed E-state index contributed by atoms with van der Waals surface area (Å²) in [6.07, 6.45) is 1.10.